The molecule has 9 nitrogen and oxygen atoms in total. The third-order valence-corrected chi connectivity index (χ3v) is 2.43. The second kappa shape index (κ2) is 8.56. The van der Waals surface area contributed by atoms with E-state index in [0.29, 0.717) is 19.7 Å². The number of nitrogens with zero attached hydrogens (tertiary/aromatic N) is 2. The van der Waals surface area contributed by atoms with E-state index in [2.05, 4.69) is 15.6 Å². The van der Waals surface area contributed by atoms with Gasteiger partial charge in [0.25, 0.3) is 0 Å². The fraction of sp³-hybridized carbons (Fsp3) is 0.500. The fourth-order valence-electron chi connectivity index (χ4n) is 1.47. The Morgan fingerprint density at radius 1 is 1.33 bits per heavy atom. The summed E-state index contributed by atoms with van der Waals surface area (Å²) in [6.45, 7) is 2.92. The van der Waals surface area contributed by atoms with Crippen LogP contribution >= 0.6 is 0 Å². The lowest BCUT2D eigenvalue weighted by Crippen LogP contribution is -2.38. The van der Waals surface area contributed by atoms with Crippen LogP contribution in [0.2, 0.25) is 0 Å². The maximum atomic E-state index is 11.4. The highest BCUT2D eigenvalue weighted by Crippen LogP contribution is 1.95. The minimum atomic E-state index is -1.10. The fourth-order valence-corrected chi connectivity index (χ4v) is 1.47. The largest absolute Gasteiger partial charge is 0.476 e. The summed E-state index contributed by atoms with van der Waals surface area (Å²) in [5.41, 5.74) is -0.0473. The van der Waals surface area contributed by atoms with Crippen LogP contribution in [-0.2, 0) is 16.1 Å². The average molecular weight is 298 g/mol. The molecular formula is C12H18N4O5. The molecule has 0 aliphatic carbocycles. The minimum absolute atomic E-state index is 0.0473. The maximum absolute atomic E-state index is 11.4. The van der Waals surface area contributed by atoms with E-state index < -0.39 is 12.0 Å². The highest BCUT2D eigenvalue weighted by Gasteiger charge is 2.07. The van der Waals surface area contributed by atoms with Gasteiger partial charge in [-0.1, -0.05) is 0 Å². The van der Waals surface area contributed by atoms with E-state index in [1.165, 1.54) is 12.5 Å². The van der Waals surface area contributed by atoms with Crippen LogP contribution in [0.1, 0.15) is 23.8 Å². The topological polar surface area (TPSA) is 123 Å². The Kier molecular flexibility index (Phi) is 6.72. The lowest BCUT2D eigenvalue weighted by molar-refractivity contribution is -0.142. The Hall–Kier alpha value is -2.58. The molecule has 116 valence electrons. The van der Waals surface area contributed by atoms with Gasteiger partial charge in [-0.2, -0.15) is 0 Å². The molecule has 1 heterocycles. The number of carboxylic acid groups (broad SMARTS) is 1. The summed E-state index contributed by atoms with van der Waals surface area (Å²) in [5.74, 6) is -1.46. The number of amides is 2. The van der Waals surface area contributed by atoms with Crippen molar-refractivity contribution in [2.24, 2.45) is 0 Å². The maximum Gasteiger partial charge on any atom is 0.356 e. The van der Waals surface area contributed by atoms with E-state index in [4.69, 9.17) is 9.84 Å². The molecule has 1 aromatic rings. The van der Waals surface area contributed by atoms with Crippen LogP contribution in [0.25, 0.3) is 0 Å². The molecule has 0 spiro atoms. The van der Waals surface area contributed by atoms with Crippen LogP contribution in [0.4, 0.5) is 4.79 Å². The van der Waals surface area contributed by atoms with Crippen molar-refractivity contribution in [3.05, 3.63) is 18.2 Å². The second-order valence-corrected chi connectivity index (χ2v) is 4.04. The number of carboxylic acids is 1. The van der Waals surface area contributed by atoms with Gasteiger partial charge in [-0.05, 0) is 6.92 Å². The monoisotopic (exact) mass is 298 g/mol. The molecule has 0 saturated carbocycles. The summed E-state index contributed by atoms with van der Waals surface area (Å²) in [5, 5.41) is 13.8. The van der Waals surface area contributed by atoms with Crippen molar-refractivity contribution in [2.75, 3.05) is 19.7 Å². The Morgan fingerprint density at radius 2 is 2.05 bits per heavy atom. The average Bonchev–Trinajstić information content (AvgIpc) is 2.88. The molecule has 0 aliphatic heterocycles. The number of imidazole rings is 1. The number of hydrogen-bond donors (Lipinski definition) is 3. The highest BCUT2D eigenvalue weighted by molar-refractivity contribution is 5.84. The lowest BCUT2D eigenvalue weighted by atomic mass is 10.4. The number of ether oxygens (including phenoxy) is 1. The van der Waals surface area contributed by atoms with Gasteiger partial charge in [0.1, 0.15) is 0 Å². The molecule has 0 bridgehead atoms. The quantitative estimate of drug-likeness (QED) is 0.573. The van der Waals surface area contributed by atoms with Crippen molar-refractivity contribution in [2.45, 2.75) is 19.9 Å². The van der Waals surface area contributed by atoms with Gasteiger partial charge in [-0.3, -0.25) is 4.79 Å². The summed E-state index contributed by atoms with van der Waals surface area (Å²) in [6, 6.07) is -0.405. The van der Waals surface area contributed by atoms with Crippen LogP contribution < -0.4 is 10.6 Å². The Morgan fingerprint density at radius 3 is 2.67 bits per heavy atom. The van der Waals surface area contributed by atoms with E-state index in [9.17, 15) is 14.4 Å². The zero-order valence-corrected chi connectivity index (χ0v) is 11.7. The molecule has 1 aromatic heterocycles. The van der Waals surface area contributed by atoms with E-state index in [1.807, 2.05) is 0 Å². The number of rotatable bonds is 8. The standard InChI is InChI=1S/C12H18N4O5/c1-2-21-10(17)3-4-13-12(20)14-5-6-16-7-9(11(18)19)15-8-16/h7-8H,2-6H2,1H3,(H,18,19)(H2,13,14,20). The van der Waals surface area contributed by atoms with Crippen molar-refractivity contribution in [1.29, 1.82) is 0 Å². The van der Waals surface area contributed by atoms with Gasteiger partial charge in [0, 0.05) is 25.8 Å². The first kappa shape index (κ1) is 16.5. The van der Waals surface area contributed by atoms with Crippen molar-refractivity contribution in [3.63, 3.8) is 0 Å². The van der Waals surface area contributed by atoms with Crippen LogP contribution in [-0.4, -0.2) is 52.3 Å². The van der Waals surface area contributed by atoms with E-state index in [-0.39, 0.29) is 24.6 Å². The highest BCUT2D eigenvalue weighted by atomic mass is 16.5. The van der Waals surface area contributed by atoms with Crippen LogP contribution in [0.15, 0.2) is 12.5 Å². The number of aromatic nitrogens is 2. The number of carbonyl (C=O) groups excluding carboxylic acids is 2. The predicted molar refractivity (Wildman–Crippen MR) is 71.8 cm³/mol. The van der Waals surface area contributed by atoms with Crippen molar-refractivity contribution < 1.29 is 24.2 Å². The predicted octanol–water partition coefficient (Wildman–Crippen LogP) is -0.166. The summed E-state index contributed by atoms with van der Waals surface area (Å²) in [7, 11) is 0. The molecule has 0 aliphatic rings. The number of nitrogens with one attached hydrogen (secondary N) is 2. The molecule has 1 rings (SSSR count). The summed E-state index contributed by atoms with van der Waals surface area (Å²) >= 11 is 0. The first-order chi connectivity index (χ1) is 10.0. The normalized spacial score (nSPS) is 9.95. The first-order valence-electron chi connectivity index (χ1n) is 6.45. The Bertz CT molecular complexity index is 500. The van der Waals surface area contributed by atoms with Gasteiger partial charge >= 0.3 is 18.0 Å². The van der Waals surface area contributed by atoms with Crippen molar-refractivity contribution in [1.82, 2.24) is 20.2 Å². The lowest BCUT2D eigenvalue weighted by Gasteiger charge is -2.07. The molecule has 0 atom stereocenters. The summed E-state index contributed by atoms with van der Waals surface area (Å²) in [6.07, 6.45) is 2.87. The van der Waals surface area contributed by atoms with Gasteiger partial charge in [0.05, 0.1) is 19.4 Å². The number of urea groups is 1. The Labute approximate surface area is 121 Å². The molecule has 0 fully saturated rings. The molecule has 0 radical (unpaired) electrons. The van der Waals surface area contributed by atoms with E-state index in [1.54, 1.807) is 11.5 Å². The Balaban J connectivity index is 2.15. The molecule has 0 unspecified atom stereocenters. The third kappa shape index (κ3) is 6.41. The number of carbonyl (C=O) groups is 3. The molecule has 0 saturated heterocycles. The number of aromatic carboxylic acids is 1. The molecule has 3 N–H and O–H groups in total. The second-order valence-electron chi connectivity index (χ2n) is 4.04. The minimum Gasteiger partial charge on any atom is -0.476 e. The number of hydrogen-bond acceptors (Lipinski definition) is 5. The molecular weight excluding hydrogens is 280 g/mol. The summed E-state index contributed by atoms with van der Waals surface area (Å²) < 4.78 is 6.27. The van der Waals surface area contributed by atoms with Crippen LogP contribution in [0.3, 0.4) is 0 Å². The van der Waals surface area contributed by atoms with Gasteiger partial charge in [0.2, 0.25) is 0 Å². The van der Waals surface area contributed by atoms with Crippen LogP contribution in [0, 0.1) is 0 Å². The van der Waals surface area contributed by atoms with Gasteiger partial charge in [-0.25, -0.2) is 14.6 Å². The molecule has 0 aromatic carbocycles. The van der Waals surface area contributed by atoms with Gasteiger partial charge in [0.15, 0.2) is 5.69 Å². The zero-order valence-electron chi connectivity index (χ0n) is 11.7. The van der Waals surface area contributed by atoms with Crippen molar-refractivity contribution >= 4 is 18.0 Å². The van der Waals surface area contributed by atoms with Gasteiger partial charge in [-0.15, -0.1) is 0 Å². The smallest absolute Gasteiger partial charge is 0.356 e. The molecule has 9 heteroatoms. The SMILES string of the molecule is CCOC(=O)CCNC(=O)NCCn1cnc(C(=O)O)c1. The molecule has 21 heavy (non-hydrogen) atoms. The van der Waals surface area contributed by atoms with Crippen molar-refractivity contribution in [3.8, 4) is 0 Å². The molecule has 2 amide bonds. The van der Waals surface area contributed by atoms with Gasteiger partial charge < -0.3 is 25.0 Å². The number of esters is 1. The van der Waals surface area contributed by atoms with E-state index >= 15 is 0 Å². The zero-order chi connectivity index (χ0) is 15.7. The van der Waals surface area contributed by atoms with E-state index in [0.717, 1.165) is 0 Å². The van der Waals surface area contributed by atoms with Crippen LogP contribution in [0.5, 0.6) is 0 Å². The first-order valence-corrected chi connectivity index (χ1v) is 6.45. The summed E-state index contributed by atoms with van der Waals surface area (Å²) in [4.78, 5) is 36.7. The third-order valence-electron chi connectivity index (χ3n) is 2.43.